The van der Waals surface area contributed by atoms with E-state index in [1.807, 2.05) is 12.2 Å². The van der Waals surface area contributed by atoms with Gasteiger partial charge in [0.15, 0.2) is 0 Å². The number of hydrogen-bond donors (Lipinski definition) is 1. The van der Waals surface area contributed by atoms with Crippen molar-refractivity contribution in [3.05, 3.63) is 59.9 Å². The van der Waals surface area contributed by atoms with Crippen LogP contribution in [-0.2, 0) is 4.74 Å². The molecule has 0 amide bonds. The van der Waals surface area contributed by atoms with E-state index >= 15 is 0 Å². The molecule has 0 aromatic carbocycles. The van der Waals surface area contributed by atoms with Gasteiger partial charge in [0, 0.05) is 0 Å². The fraction of sp³-hybridized carbons (Fsp3) is 0.474. The quantitative estimate of drug-likeness (QED) is 0.252. The van der Waals surface area contributed by atoms with Crippen molar-refractivity contribution < 1.29 is 4.74 Å². The summed E-state index contributed by atoms with van der Waals surface area (Å²) >= 11 is 0. The van der Waals surface area contributed by atoms with E-state index in [1.165, 1.54) is 16.7 Å². The molecule has 2 heteroatoms. The van der Waals surface area contributed by atoms with Crippen LogP contribution in [0.25, 0.3) is 0 Å². The number of ether oxygens (including phenoxy) is 1. The van der Waals surface area contributed by atoms with Crippen LogP contribution in [-0.4, -0.2) is 20.2 Å². The van der Waals surface area contributed by atoms with Gasteiger partial charge in [-0.2, -0.15) is 0 Å². The highest BCUT2D eigenvalue weighted by Gasteiger charge is 2.04. The van der Waals surface area contributed by atoms with Crippen molar-refractivity contribution in [2.24, 2.45) is 0 Å². The highest BCUT2D eigenvalue weighted by atomic mass is 16.5. The lowest BCUT2D eigenvalue weighted by Crippen LogP contribution is -2.15. The van der Waals surface area contributed by atoms with Gasteiger partial charge in [0.25, 0.3) is 0 Å². The molecule has 0 rings (SSSR count). The Kier molecular flexibility index (Phi) is 11.3. The van der Waals surface area contributed by atoms with Crippen molar-refractivity contribution in [1.82, 2.24) is 5.32 Å². The molecule has 1 N–H and O–H groups in total. The van der Waals surface area contributed by atoms with Crippen LogP contribution in [0.2, 0.25) is 0 Å². The molecule has 0 saturated heterocycles. The molecule has 0 radical (unpaired) electrons. The van der Waals surface area contributed by atoms with Gasteiger partial charge in [-0.05, 0) is 51.8 Å². The van der Waals surface area contributed by atoms with E-state index in [0.717, 1.165) is 38.1 Å². The second kappa shape index (κ2) is 12.2. The van der Waals surface area contributed by atoms with Gasteiger partial charge in [-0.1, -0.05) is 55.5 Å². The van der Waals surface area contributed by atoms with E-state index in [0.29, 0.717) is 0 Å². The Balaban J connectivity index is 4.83. The van der Waals surface area contributed by atoms with Gasteiger partial charge in [-0.3, -0.25) is 0 Å². The van der Waals surface area contributed by atoms with Crippen LogP contribution in [0.4, 0.5) is 0 Å². The fourth-order valence-corrected chi connectivity index (χ4v) is 1.93. The summed E-state index contributed by atoms with van der Waals surface area (Å²) < 4.78 is 5.30. The minimum absolute atomic E-state index is 0.766. The molecule has 0 saturated carbocycles. The van der Waals surface area contributed by atoms with Crippen LogP contribution in [0.1, 0.15) is 40.0 Å². The Morgan fingerprint density at radius 3 is 2.48 bits per heavy atom. The van der Waals surface area contributed by atoms with Crippen molar-refractivity contribution in [3.8, 4) is 0 Å². The van der Waals surface area contributed by atoms with Crippen molar-refractivity contribution in [2.75, 3.05) is 20.2 Å². The molecular formula is C19H31NO. The zero-order chi connectivity index (χ0) is 16.1. The minimum atomic E-state index is 0.766. The second-order valence-corrected chi connectivity index (χ2v) is 5.14. The summed E-state index contributed by atoms with van der Waals surface area (Å²) in [6, 6.07) is 0. The smallest absolute Gasteiger partial charge is 0.114 e. The molecule has 2 nitrogen and oxygen atoms in total. The zero-order valence-corrected chi connectivity index (χ0v) is 14.2. The third-order valence-corrected chi connectivity index (χ3v) is 3.36. The maximum Gasteiger partial charge on any atom is 0.114 e. The van der Waals surface area contributed by atoms with Crippen LogP contribution in [0.3, 0.4) is 0 Å². The van der Waals surface area contributed by atoms with Gasteiger partial charge in [0.1, 0.15) is 5.76 Å². The Bertz CT molecular complexity index is 409. The van der Waals surface area contributed by atoms with Crippen molar-refractivity contribution in [1.29, 1.82) is 0 Å². The first-order valence-corrected chi connectivity index (χ1v) is 7.62. The average Bonchev–Trinajstić information content (AvgIpc) is 2.47. The molecule has 0 aliphatic heterocycles. The van der Waals surface area contributed by atoms with Crippen molar-refractivity contribution in [3.63, 3.8) is 0 Å². The maximum absolute atomic E-state index is 5.30. The van der Waals surface area contributed by atoms with Gasteiger partial charge in [0.05, 0.1) is 7.11 Å². The monoisotopic (exact) mass is 289 g/mol. The zero-order valence-electron chi connectivity index (χ0n) is 14.2. The number of allylic oxidation sites excluding steroid dienone is 7. The summed E-state index contributed by atoms with van der Waals surface area (Å²) in [5, 5.41) is 3.34. The molecule has 0 aromatic heterocycles. The second-order valence-electron chi connectivity index (χ2n) is 5.14. The molecule has 0 aliphatic rings. The average molecular weight is 289 g/mol. The van der Waals surface area contributed by atoms with E-state index in [-0.39, 0.29) is 0 Å². The summed E-state index contributed by atoms with van der Waals surface area (Å²) in [6.07, 6.45) is 11.0. The summed E-state index contributed by atoms with van der Waals surface area (Å²) in [5.74, 6) is 0.766. The van der Waals surface area contributed by atoms with Crippen LogP contribution in [0, 0.1) is 0 Å². The molecule has 0 bridgehead atoms. The largest absolute Gasteiger partial charge is 0.497 e. The van der Waals surface area contributed by atoms with Gasteiger partial charge in [-0.25, -0.2) is 0 Å². The number of hydrogen-bond acceptors (Lipinski definition) is 2. The van der Waals surface area contributed by atoms with Gasteiger partial charge >= 0.3 is 0 Å². The Hall–Kier alpha value is -1.54. The van der Waals surface area contributed by atoms with Gasteiger partial charge in [0.2, 0.25) is 0 Å². The topological polar surface area (TPSA) is 21.3 Å². The van der Waals surface area contributed by atoms with Crippen LogP contribution >= 0.6 is 0 Å². The molecule has 0 aromatic rings. The lowest BCUT2D eigenvalue weighted by atomic mass is 10.00. The number of nitrogens with one attached hydrogen (secondary N) is 1. The minimum Gasteiger partial charge on any atom is -0.497 e. The third kappa shape index (κ3) is 9.09. The Labute approximate surface area is 131 Å². The van der Waals surface area contributed by atoms with E-state index in [4.69, 9.17) is 4.74 Å². The molecule has 21 heavy (non-hydrogen) atoms. The molecule has 0 fully saturated rings. The Morgan fingerprint density at radius 2 is 1.95 bits per heavy atom. The highest BCUT2D eigenvalue weighted by molar-refractivity contribution is 5.27. The van der Waals surface area contributed by atoms with Gasteiger partial charge in [-0.15, -0.1) is 0 Å². The van der Waals surface area contributed by atoms with Crippen LogP contribution in [0.5, 0.6) is 0 Å². The van der Waals surface area contributed by atoms with Crippen molar-refractivity contribution >= 4 is 0 Å². The predicted molar refractivity (Wildman–Crippen MR) is 94.3 cm³/mol. The first-order valence-electron chi connectivity index (χ1n) is 7.62. The molecule has 0 atom stereocenters. The maximum atomic E-state index is 5.30. The summed E-state index contributed by atoms with van der Waals surface area (Å²) in [7, 11) is 1.68. The molecule has 0 heterocycles. The molecule has 0 unspecified atom stereocenters. The predicted octanol–water partition coefficient (Wildman–Crippen LogP) is 4.93. The first kappa shape index (κ1) is 19.5. The molecule has 0 aliphatic carbocycles. The van der Waals surface area contributed by atoms with Crippen LogP contribution < -0.4 is 5.32 Å². The van der Waals surface area contributed by atoms with Gasteiger partial charge < -0.3 is 10.1 Å². The summed E-state index contributed by atoms with van der Waals surface area (Å²) in [5.41, 5.74) is 3.98. The van der Waals surface area contributed by atoms with E-state index in [9.17, 15) is 0 Å². The van der Waals surface area contributed by atoms with Crippen LogP contribution in [0.15, 0.2) is 59.9 Å². The highest BCUT2D eigenvalue weighted by Crippen LogP contribution is 2.19. The molecular weight excluding hydrogens is 258 g/mol. The lowest BCUT2D eigenvalue weighted by molar-refractivity contribution is 0.300. The fourth-order valence-electron chi connectivity index (χ4n) is 1.93. The van der Waals surface area contributed by atoms with E-state index in [2.05, 4.69) is 51.4 Å². The number of methoxy groups -OCH3 is 1. The van der Waals surface area contributed by atoms with E-state index in [1.54, 1.807) is 7.11 Å². The normalized spacial score (nSPS) is 11.5. The Morgan fingerprint density at radius 1 is 1.24 bits per heavy atom. The first-order chi connectivity index (χ1) is 10.1. The summed E-state index contributed by atoms with van der Waals surface area (Å²) in [4.78, 5) is 0. The lowest BCUT2D eigenvalue weighted by Gasteiger charge is -2.12. The summed E-state index contributed by atoms with van der Waals surface area (Å²) in [6.45, 7) is 16.1. The van der Waals surface area contributed by atoms with Crippen molar-refractivity contribution in [2.45, 2.75) is 40.0 Å². The standard InChI is InChI=1S/C19H31NO/c1-7-9-10-11-18(16(3)4)12-13-19(17(5)21-6)14-15-20-8-2/h7,9-10,13,20H,1,5,8,11-12,14-15H2,2-4,6H3. The number of rotatable bonds is 11. The SMILES string of the molecule is C=CC=CCC(CC=C(CCNCC)C(=C)OC)=C(C)C. The third-order valence-electron chi connectivity index (χ3n) is 3.36. The van der Waals surface area contributed by atoms with E-state index < -0.39 is 0 Å². The molecule has 118 valence electrons. The molecule has 0 spiro atoms.